The van der Waals surface area contributed by atoms with E-state index < -0.39 is 11.8 Å². The van der Waals surface area contributed by atoms with Crippen molar-refractivity contribution in [3.05, 3.63) is 70.7 Å². The van der Waals surface area contributed by atoms with E-state index in [0.717, 1.165) is 5.56 Å². The van der Waals surface area contributed by atoms with Gasteiger partial charge in [0.2, 0.25) is 5.91 Å². The molecule has 2 aromatic rings. The van der Waals surface area contributed by atoms with Crippen LogP contribution in [0.15, 0.2) is 54.6 Å². The summed E-state index contributed by atoms with van der Waals surface area (Å²) in [6, 6.07) is 15.7. The first kappa shape index (κ1) is 20.8. The fraction of sp³-hybridized carbons (Fsp3) is 0.391. The molecule has 158 valence electrons. The molecule has 2 aliphatic rings. The van der Waals surface area contributed by atoms with Crippen molar-refractivity contribution in [2.45, 2.75) is 31.1 Å². The fourth-order valence-electron chi connectivity index (χ4n) is 3.97. The highest BCUT2D eigenvalue weighted by Gasteiger charge is 2.41. The van der Waals surface area contributed by atoms with E-state index in [1.165, 1.54) is 0 Å². The third-order valence-corrected chi connectivity index (χ3v) is 5.89. The van der Waals surface area contributed by atoms with Crippen molar-refractivity contribution in [1.29, 1.82) is 0 Å². The summed E-state index contributed by atoms with van der Waals surface area (Å²) in [6.07, 6.45) is 1.71. The van der Waals surface area contributed by atoms with Crippen molar-refractivity contribution in [1.82, 2.24) is 10.2 Å². The highest BCUT2D eigenvalue weighted by atomic mass is 35.5. The minimum atomic E-state index is -0.657. The third kappa shape index (κ3) is 4.83. The van der Waals surface area contributed by atoms with Crippen LogP contribution in [-0.4, -0.2) is 54.8 Å². The SMILES string of the molecule is O=C(NC(Cc1ccccc1)C(=O)N1CCC2(CC1)OCCO2)c1ccc(Cl)cc1. The van der Waals surface area contributed by atoms with Gasteiger partial charge in [-0.1, -0.05) is 41.9 Å². The molecule has 2 heterocycles. The number of ether oxygens (including phenoxy) is 2. The molecule has 4 rings (SSSR count). The van der Waals surface area contributed by atoms with Crippen molar-refractivity contribution < 1.29 is 19.1 Å². The van der Waals surface area contributed by atoms with E-state index in [-0.39, 0.29) is 11.8 Å². The molecular formula is C23H25ClN2O4. The molecule has 7 heteroatoms. The molecule has 1 N–H and O–H groups in total. The van der Waals surface area contributed by atoms with Gasteiger partial charge in [0.15, 0.2) is 5.79 Å². The van der Waals surface area contributed by atoms with Crippen molar-refractivity contribution in [2.75, 3.05) is 26.3 Å². The zero-order chi connectivity index (χ0) is 21.0. The lowest BCUT2D eigenvalue weighted by Crippen LogP contribution is -2.54. The van der Waals surface area contributed by atoms with Crippen molar-refractivity contribution >= 4 is 23.4 Å². The van der Waals surface area contributed by atoms with Crippen LogP contribution in [-0.2, 0) is 20.7 Å². The van der Waals surface area contributed by atoms with Gasteiger partial charge < -0.3 is 19.7 Å². The number of piperidine rings is 1. The minimum absolute atomic E-state index is 0.0889. The van der Waals surface area contributed by atoms with Crippen molar-refractivity contribution in [2.24, 2.45) is 0 Å². The summed E-state index contributed by atoms with van der Waals surface area (Å²) >= 11 is 5.92. The van der Waals surface area contributed by atoms with E-state index in [4.69, 9.17) is 21.1 Å². The Morgan fingerprint density at radius 3 is 2.27 bits per heavy atom. The Labute approximate surface area is 181 Å². The number of rotatable bonds is 5. The van der Waals surface area contributed by atoms with Crippen LogP contribution in [0.25, 0.3) is 0 Å². The van der Waals surface area contributed by atoms with E-state index in [1.807, 2.05) is 30.3 Å². The quantitative estimate of drug-likeness (QED) is 0.794. The predicted octanol–water partition coefficient (Wildman–Crippen LogP) is 3.05. The number of carbonyl (C=O) groups is 2. The monoisotopic (exact) mass is 428 g/mol. The number of benzene rings is 2. The second-order valence-corrected chi connectivity index (χ2v) is 8.09. The number of amides is 2. The fourth-order valence-corrected chi connectivity index (χ4v) is 4.09. The van der Waals surface area contributed by atoms with Crippen LogP contribution < -0.4 is 5.32 Å². The predicted molar refractivity (Wildman–Crippen MR) is 113 cm³/mol. The number of carbonyl (C=O) groups excluding carboxylic acids is 2. The molecule has 0 aliphatic carbocycles. The molecule has 6 nitrogen and oxygen atoms in total. The van der Waals surface area contributed by atoms with Crippen LogP contribution in [0.5, 0.6) is 0 Å². The Hall–Kier alpha value is -2.41. The molecule has 2 aliphatic heterocycles. The lowest BCUT2D eigenvalue weighted by Gasteiger charge is -2.39. The third-order valence-electron chi connectivity index (χ3n) is 5.64. The molecule has 1 unspecified atom stereocenters. The number of halogens is 1. The van der Waals surface area contributed by atoms with Gasteiger partial charge >= 0.3 is 0 Å². The van der Waals surface area contributed by atoms with Crippen LogP contribution in [0.1, 0.15) is 28.8 Å². The Morgan fingerprint density at radius 2 is 1.63 bits per heavy atom. The molecule has 1 spiro atoms. The average molecular weight is 429 g/mol. The molecule has 2 aromatic carbocycles. The lowest BCUT2D eigenvalue weighted by atomic mass is 10.00. The van der Waals surface area contributed by atoms with Gasteiger partial charge in [0.25, 0.3) is 5.91 Å². The van der Waals surface area contributed by atoms with Crippen molar-refractivity contribution in [3.63, 3.8) is 0 Å². The number of nitrogens with one attached hydrogen (secondary N) is 1. The summed E-state index contributed by atoms with van der Waals surface area (Å²) < 4.78 is 11.5. The lowest BCUT2D eigenvalue weighted by molar-refractivity contribution is -0.187. The van der Waals surface area contributed by atoms with E-state index >= 15 is 0 Å². The Morgan fingerprint density at radius 1 is 1.00 bits per heavy atom. The summed E-state index contributed by atoms with van der Waals surface area (Å²) in [6.45, 7) is 2.28. The van der Waals surface area contributed by atoms with E-state index in [2.05, 4.69) is 5.32 Å². The van der Waals surface area contributed by atoms with Gasteiger partial charge in [-0.2, -0.15) is 0 Å². The molecule has 0 saturated carbocycles. The van der Waals surface area contributed by atoms with Crippen LogP contribution >= 0.6 is 11.6 Å². The second kappa shape index (κ2) is 9.16. The van der Waals surface area contributed by atoms with Gasteiger partial charge in [-0.25, -0.2) is 0 Å². The summed E-state index contributed by atoms with van der Waals surface area (Å²) in [5, 5.41) is 3.48. The normalized spacial score (nSPS) is 18.9. The Bertz CT molecular complexity index is 872. The minimum Gasteiger partial charge on any atom is -0.347 e. The zero-order valence-electron chi connectivity index (χ0n) is 16.7. The molecule has 0 bridgehead atoms. The number of likely N-dealkylation sites (tertiary alicyclic amines) is 1. The molecule has 0 radical (unpaired) electrons. The van der Waals surface area contributed by atoms with Crippen molar-refractivity contribution in [3.8, 4) is 0 Å². The summed E-state index contributed by atoms with van der Waals surface area (Å²) in [5.74, 6) is -0.927. The molecule has 1 atom stereocenters. The number of hydrogen-bond donors (Lipinski definition) is 1. The average Bonchev–Trinajstić information content (AvgIpc) is 3.22. The van der Waals surface area contributed by atoms with Crippen LogP contribution in [0.4, 0.5) is 0 Å². The maximum absolute atomic E-state index is 13.3. The highest BCUT2D eigenvalue weighted by molar-refractivity contribution is 6.30. The van der Waals surface area contributed by atoms with Crippen LogP contribution in [0, 0.1) is 0 Å². The molecule has 2 amide bonds. The van der Waals surface area contributed by atoms with E-state index in [1.54, 1.807) is 29.2 Å². The first-order valence-electron chi connectivity index (χ1n) is 10.2. The van der Waals surface area contributed by atoms with Crippen LogP contribution in [0.3, 0.4) is 0 Å². The standard InChI is InChI=1S/C23H25ClN2O4/c24-19-8-6-18(7-9-19)21(27)25-20(16-17-4-2-1-3-5-17)22(28)26-12-10-23(11-13-26)29-14-15-30-23/h1-9,20H,10-16H2,(H,25,27). The molecule has 2 saturated heterocycles. The van der Waals surface area contributed by atoms with E-state index in [9.17, 15) is 9.59 Å². The van der Waals surface area contributed by atoms with Crippen LogP contribution in [0.2, 0.25) is 5.02 Å². The maximum Gasteiger partial charge on any atom is 0.251 e. The van der Waals surface area contributed by atoms with Gasteiger partial charge in [-0.15, -0.1) is 0 Å². The molecule has 2 fully saturated rings. The topological polar surface area (TPSA) is 67.9 Å². The Kier molecular flexibility index (Phi) is 6.37. The zero-order valence-corrected chi connectivity index (χ0v) is 17.4. The van der Waals surface area contributed by atoms with Gasteiger partial charge in [-0.3, -0.25) is 9.59 Å². The van der Waals surface area contributed by atoms with Gasteiger partial charge in [-0.05, 0) is 29.8 Å². The number of hydrogen-bond acceptors (Lipinski definition) is 4. The smallest absolute Gasteiger partial charge is 0.251 e. The van der Waals surface area contributed by atoms with Gasteiger partial charge in [0, 0.05) is 42.9 Å². The maximum atomic E-state index is 13.3. The molecule has 30 heavy (non-hydrogen) atoms. The first-order valence-corrected chi connectivity index (χ1v) is 10.6. The molecular weight excluding hydrogens is 404 g/mol. The largest absolute Gasteiger partial charge is 0.347 e. The molecule has 0 aromatic heterocycles. The van der Waals surface area contributed by atoms with Gasteiger partial charge in [0.05, 0.1) is 13.2 Å². The highest BCUT2D eigenvalue weighted by Crippen LogP contribution is 2.31. The van der Waals surface area contributed by atoms with E-state index in [0.29, 0.717) is 56.2 Å². The van der Waals surface area contributed by atoms with Gasteiger partial charge in [0.1, 0.15) is 6.04 Å². The number of nitrogens with zero attached hydrogens (tertiary/aromatic N) is 1. The second-order valence-electron chi connectivity index (χ2n) is 7.66. The summed E-state index contributed by atoms with van der Waals surface area (Å²) in [7, 11) is 0. The first-order chi connectivity index (χ1) is 14.5. The summed E-state index contributed by atoms with van der Waals surface area (Å²) in [4.78, 5) is 27.9. The Balaban J connectivity index is 1.47. The summed E-state index contributed by atoms with van der Waals surface area (Å²) in [5.41, 5.74) is 1.46.